The molecule has 0 aromatic heterocycles. The van der Waals surface area contributed by atoms with Crippen molar-refractivity contribution in [3.8, 4) is 0 Å². The zero-order chi connectivity index (χ0) is 11.0. The normalized spacial score (nSPS) is 8.27. The summed E-state index contributed by atoms with van der Waals surface area (Å²) in [5.41, 5.74) is 1.33. The fourth-order valence-corrected chi connectivity index (χ4v) is 0.963. The van der Waals surface area contributed by atoms with E-state index >= 15 is 0 Å². The van der Waals surface area contributed by atoms with E-state index in [1.807, 2.05) is 0 Å². The summed E-state index contributed by atoms with van der Waals surface area (Å²) in [6.45, 7) is 5.92. The van der Waals surface area contributed by atoms with Crippen molar-refractivity contribution in [2.75, 3.05) is 0 Å². The van der Waals surface area contributed by atoms with Gasteiger partial charge in [-0.3, -0.25) is 0 Å². The third kappa shape index (κ3) is 6.00. The highest BCUT2D eigenvalue weighted by Crippen LogP contribution is 2.11. The maximum absolute atomic E-state index is 12.8. The van der Waals surface area contributed by atoms with Crippen LogP contribution in [0.2, 0.25) is 0 Å². The first-order valence-corrected chi connectivity index (χ1v) is 4.84. The molecule has 0 atom stereocenters. The van der Waals surface area contributed by atoms with Gasteiger partial charge in [-0.25, -0.2) is 4.39 Å². The molecule has 1 aromatic carbocycles. The lowest BCUT2D eigenvalue weighted by Crippen LogP contribution is -1.92. The van der Waals surface area contributed by atoms with Crippen LogP contribution in [-0.2, 0) is 11.2 Å². The molecular formula is C13H21FO. The first kappa shape index (κ1) is 16.3. The van der Waals surface area contributed by atoms with Crippen LogP contribution in [0.4, 0.5) is 4.39 Å². The lowest BCUT2D eigenvalue weighted by molar-refractivity contribution is -0.107. The zero-order valence-electron chi connectivity index (χ0n) is 9.01. The summed E-state index contributed by atoms with van der Waals surface area (Å²) in [5.74, 6) is -0.246. The number of carbonyl (C=O) groups is 1. The van der Waals surface area contributed by atoms with Crippen LogP contribution in [0.15, 0.2) is 18.2 Å². The van der Waals surface area contributed by atoms with Gasteiger partial charge in [0.2, 0.25) is 0 Å². The van der Waals surface area contributed by atoms with Crippen LogP contribution in [0.25, 0.3) is 0 Å². The Bertz CT molecular complexity index is 282. The van der Waals surface area contributed by atoms with Gasteiger partial charge in [0, 0.05) is 6.42 Å². The van der Waals surface area contributed by atoms with Gasteiger partial charge in [-0.1, -0.05) is 39.8 Å². The molecule has 0 spiro atoms. The van der Waals surface area contributed by atoms with Gasteiger partial charge in [-0.15, -0.1) is 0 Å². The molecule has 0 saturated heterocycles. The SMILES string of the molecule is C.CCC.Cc1c(F)cccc1CC=O. The Kier molecular flexibility index (Phi) is 10.2. The van der Waals surface area contributed by atoms with Gasteiger partial charge in [0.25, 0.3) is 0 Å². The first-order valence-electron chi connectivity index (χ1n) is 4.84. The van der Waals surface area contributed by atoms with Crippen LogP contribution in [0.3, 0.4) is 0 Å². The van der Waals surface area contributed by atoms with Crippen molar-refractivity contribution >= 4 is 6.29 Å². The summed E-state index contributed by atoms with van der Waals surface area (Å²) in [6.07, 6.45) is 2.32. The van der Waals surface area contributed by atoms with Gasteiger partial charge < -0.3 is 4.79 Å². The molecular weight excluding hydrogens is 191 g/mol. The Morgan fingerprint density at radius 3 is 2.33 bits per heavy atom. The predicted octanol–water partition coefficient (Wildman–Crippen LogP) is 3.93. The number of rotatable bonds is 2. The molecule has 0 radical (unpaired) electrons. The third-order valence-electron chi connectivity index (χ3n) is 1.68. The minimum Gasteiger partial charge on any atom is -0.303 e. The van der Waals surface area contributed by atoms with E-state index < -0.39 is 0 Å². The van der Waals surface area contributed by atoms with E-state index in [9.17, 15) is 9.18 Å². The molecule has 0 saturated carbocycles. The number of aldehydes is 1. The molecule has 0 N–H and O–H groups in total. The quantitative estimate of drug-likeness (QED) is 0.679. The Hall–Kier alpha value is -1.18. The first-order chi connectivity index (χ1) is 6.67. The minimum atomic E-state index is -0.246. The molecule has 0 heterocycles. The summed E-state index contributed by atoms with van der Waals surface area (Å²) in [4.78, 5) is 10.1. The Morgan fingerprint density at radius 2 is 1.87 bits per heavy atom. The third-order valence-corrected chi connectivity index (χ3v) is 1.68. The van der Waals surface area contributed by atoms with Crippen LogP contribution in [0.1, 0.15) is 38.8 Å². The maximum Gasteiger partial charge on any atom is 0.126 e. The monoisotopic (exact) mass is 212 g/mol. The number of benzene rings is 1. The molecule has 0 aliphatic rings. The maximum atomic E-state index is 12.8. The minimum absolute atomic E-state index is 0. The van der Waals surface area contributed by atoms with E-state index in [2.05, 4.69) is 13.8 Å². The van der Waals surface area contributed by atoms with E-state index in [1.54, 1.807) is 19.1 Å². The average Bonchev–Trinajstić information content (AvgIpc) is 2.15. The Balaban J connectivity index is 0. The Labute approximate surface area is 92.3 Å². The molecule has 1 nitrogen and oxygen atoms in total. The van der Waals surface area contributed by atoms with Crippen molar-refractivity contribution in [1.82, 2.24) is 0 Å². The topological polar surface area (TPSA) is 17.1 Å². The molecule has 1 aromatic rings. The summed E-state index contributed by atoms with van der Waals surface area (Å²) in [7, 11) is 0. The second-order valence-electron chi connectivity index (χ2n) is 3.10. The molecule has 0 aliphatic heterocycles. The van der Waals surface area contributed by atoms with Gasteiger partial charge in [0.05, 0.1) is 0 Å². The molecule has 1 rings (SSSR count). The zero-order valence-corrected chi connectivity index (χ0v) is 9.01. The van der Waals surface area contributed by atoms with E-state index in [1.165, 1.54) is 12.5 Å². The molecule has 2 heteroatoms. The van der Waals surface area contributed by atoms with Crippen molar-refractivity contribution in [2.45, 2.75) is 41.0 Å². The van der Waals surface area contributed by atoms with Crippen LogP contribution < -0.4 is 0 Å². The van der Waals surface area contributed by atoms with Crippen molar-refractivity contribution in [1.29, 1.82) is 0 Å². The fraction of sp³-hybridized carbons (Fsp3) is 0.462. The molecule has 0 unspecified atom stereocenters. The van der Waals surface area contributed by atoms with Gasteiger partial charge in [0.1, 0.15) is 12.1 Å². The highest BCUT2D eigenvalue weighted by Gasteiger charge is 2.00. The molecule has 0 fully saturated rings. The number of hydrogen-bond donors (Lipinski definition) is 0. The van der Waals surface area contributed by atoms with Gasteiger partial charge in [-0.2, -0.15) is 0 Å². The largest absolute Gasteiger partial charge is 0.303 e. The summed E-state index contributed by atoms with van der Waals surface area (Å²) >= 11 is 0. The van der Waals surface area contributed by atoms with Crippen LogP contribution in [0.5, 0.6) is 0 Å². The smallest absolute Gasteiger partial charge is 0.126 e. The lowest BCUT2D eigenvalue weighted by atomic mass is 10.1. The van der Waals surface area contributed by atoms with E-state index in [-0.39, 0.29) is 13.2 Å². The van der Waals surface area contributed by atoms with Crippen LogP contribution in [0, 0.1) is 12.7 Å². The molecule has 15 heavy (non-hydrogen) atoms. The fourth-order valence-electron chi connectivity index (χ4n) is 0.963. The number of carbonyl (C=O) groups excluding carboxylic acids is 1. The number of halogens is 1. The molecule has 86 valence electrons. The second kappa shape index (κ2) is 9.38. The predicted molar refractivity (Wildman–Crippen MR) is 63.6 cm³/mol. The van der Waals surface area contributed by atoms with Crippen molar-refractivity contribution in [2.24, 2.45) is 0 Å². The second-order valence-corrected chi connectivity index (χ2v) is 3.10. The van der Waals surface area contributed by atoms with Crippen molar-refractivity contribution < 1.29 is 9.18 Å². The summed E-state index contributed by atoms with van der Waals surface area (Å²) in [6, 6.07) is 4.76. The van der Waals surface area contributed by atoms with Crippen molar-refractivity contribution in [3.05, 3.63) is 35.1 Å². The van der Waals surface area contributed by atoms with E-state index in [4.69, 9.17) is 0 Å². The van der Waals surface area contributed by atoms with Crippen LogP contribution in [-0.4, -0.2) is 6.29 Å². The van der Waals surface area contributed by atoms with E-state index in [0.717, 1.165) is 11.8 Å². The van der Waals surface area contributed by atoms with Gasteiger partial charge in [0.15, 0.2) is 0 Å². The van der Waals surface area contributed by atoms with Gasteiger partial charge in [-0.05, 0) is 24.1 Å². The summed E-state index contributed by atoms with van der Waals surface area (Å²) in [5, 5.41) is 0. The highest BCUT2D eigenvalue weighted by molar-refractivity contribution is 5.56. The van der Waals surface area contributed by atoms with Crippen molar-refractivity contribution in [3.63, 3.8) is 0 Å². The highest BCUT2D eigenvalue weighted by atomic mass is 19.1. The summed E-state index contributed by atoms with van der Waals surface area (Å²) < 4.78 is 12.8. The standard InChI is InChI=1S/C9H9FO.C3H8.CH4/c1-7-8(5-6-11)3-2-4-9(7)10;1-3-2;/h2-4,6H,5H2,1H3;3H2,1-2H3;1H4. The van der Waals surface area contributed by atoms with Crippen LogP contribution >= 0.6 is 0 Å². The van der Waals surface area contributed by atoms with E-state index in [0.29, 0.717) is 12.0 Å². The molecule has 0 amide bonds. The molecule has 0 bridgehead atoms. The lowest BCUT2D eigenvalue weighted by Gasteiger charge is -2.00. The number of hydrogen-bond acceptors (Lipinski definition) is 1. The molecule has 0 aliphatic carbocycles. The Morgan fingerprint density at radius 1 is 1.33 bits per heavy atom. The average molecular weight is 212 g/mol. The van der Waals surface area contributed by atoms with Gasteiger partial charge >= 0.3 is 0 Å².